The standard InChI is InChI=1S/C12H20N4O4S.ClH/c1-3-20-12(17)10-7-14-15-11(10)21(18,19)16-6-4-5-9(8-16)13-2;/h7,9,13H,3-6,8H2,1-2H3,(H,14,15);1H. The van der Waals surface area contributed by atoms with E-state index in [1.54, 1.807) is 14.0 Å². The highest BCUT2D eigenvalue weighted by Crippen LogP contribution is 2.22. The van der Waals surface area contributed by atoms with Crippen molar-refractivity contribution in [2.45, 2.75) is 30.8 Å². The molecule has 0 amide bonds. The Morgan fingerprint density at radius 3 is 2.95 bits per heavy atom. The number of hydrogen-bond donors (Lipinski definition) is 2. The number of H-pyrrole nitrogens is 1. The smallest absolute Gasteiger partial charge is 0.342 e. The van der Waals surface area contributed by atoms with Crippen molar-refractivity contribution in [1.82, 2.24) is 19.8 Å². The summed E-state index contributed by atoms with van der Waals surface area (Å²) in [5.74, 6) is -0.688. The third-order valence-corrected chi connectivity index (χ3v) is 5.33. The molecular formula is C12H21ClN4O4S. The zero-order chi connectivity index (χ0) is 15.5. The van der Waals surface area contributed by atoms with Crippen LogP contribution in [-0.4, -0.2) is 61.7 Å². The minimum absolute atomic E-state index is 0. The van der Waals surface area contributed by atoms with Crippen molar-refractivity contribution in [1.29, 1.82) is 0 Å². The molecule has 2 heterocycles. The van der Waals surface area contributed by atoms with Gasteiger partial charge in [-0.05, 0) is 26.8 Å². The van der Waals surface area contributed by atoms with E-state index in [9.17, 15) is 13.2 Å². The first-order chi connectivity index (χ1) is 10.0. The Hall–Kier alpha value is -1.16. The quantitative estimate of drug-likeness (QED) is 0.742. The van der Waals surface area contributed by atoms with Crippen LogP contribution in [0.3, 0.4) is 0 Å². The van der Waals surface area contributed by atoms with Gasteiger partial charge in [0.15, 0.2) is 5.03 Å². The number of likely N-dealkylation sites (N-methyl/N-ethyl adjacent to an activating group) is 1. The lowest BCUT2D eigenvalue weighted by Gasteiger charge is -2.31. The number of nitrogens with one attached hydrogen (secondary N) is 2. The molecule has 1 aromatic heterocycles. The molecule has 8 nitrogen and oxygen atoms in total. The third kappa shape index (κ3) is 3.78. The Morgan fingerprint density at radius 2 is 2.32 bits per heavy atom. The first-order valence-corrected chi connectivity index (χ1v) is 8.32. The third-order valence-electron chi connectivity index (χ3n) is 3.49. The summed E-state index contributed by atoms with van der Waals surface area (Å²) in [5, 5.41) is 8.98. The van der Waals surface area contributed by atoms with Gasteiger partial charge in [0.25, 0.3) is 10.0 Å². The van der Waals surface area contributed by atoms with E-state index in [2.05, 4.69) is 15.5 Å². The van der Waals surface area contributed by atoms with Crippen LogP contribution in [0.1, 0.15) is 30.1 Å². The number of aromatic amines is 1. The lowest BCUT2D eigenvalue weighted by molar-refractivity contribution is 0.0521. The number of aromatic nitrogens is 2. The van der Waals surface area contributed by atoms with Crippen LogP contribution in [0.15, 0.2) is 11.2 Å². The lowest BCUT2D eigenvalue weighted by Crippen LogP contribution is -2.47. The fourth-order valence-electron chi connectivity index (χ4n) is 2.35. The number of carbonyl (C=O) groups excluding carboxylic acids is 1. The van der Waals surface area contributed by atoms with Gasteiger partial charge in [-0.25, -0.2) is 13.2 Å². The maximum absolute atomic E-state index is 12.7. The maximum Gasteiger partial charge on any atom is 0.342 e. The number of rotatable bonds is 5. The zero-order valence-electron chi connectivity index (χ0n) is 12.5. The second-order valence-corrected chi connectivity index (χ2v) is 6.70. The number of hydrogen-bond acceptors (Lipinski definition) is 6. The molecular weight excluding hydrogens is 332 g/mol. The second kappa shape index (κ2) is 7.91. The normalized spacial score (nSPS) is 19.5. The van der Waals surface area contributed by atoms with Gasteiger partial charge in [-0.1, -0.05) is 0 Å². The number of piperidine rings is 1. The number of carbonyl (C=O) groups is 1. The molecule has 1 fully saturated rings. The minimum Gasteiger partial charge on any atom is -0.462 e. The highest BCUT2D eigenvalue weighted by atomic mass is 35.5. The molecule has 1 aromatic rings. The van der Waals surface area contributed by atoms with Crippen LogP contribution in [0.5, 0.6) is 0 Å². The molecule has 2 rings (SSSR count). The largest absolute Gasteiger partial charge is 0.462 e. The monoisotopic (exact) mass is 352 g/mol. The maximum atomic E-state index is 12.7. The first kappa shape index (κ1) is 18.9. The topological polar surface area (TPSA) is 104 Å². The summed E-state index contributed by atoms with van der Waals surface area (Å²) in [4.78, 5) is 11.8. The molecule has 0 aromatic carbocycles. The predicted molar refractivity (Wildman–Crippen MR) is 82.6 cm³/mol. The number of nitrogens with zero attached hydrogens (tertiary/aromatic N) is 2. The van der Waals surface area contributed by atoms with E-state index in [4.69, 9.17) is 4.74 Å². The molecule has 126 valence electrons. The Bertz CT molecular complexity index is 604. The average molecular weight is 353 g/mol. The van der Waals surface area contributed by atoms with E-state index in [0.29, 0.717) is 13.1 Å². The first-order valence-electron chi connectivity index (χ1n) is 6.88. The van der Waals surface area contributed by atoms with Crippen LogP contribution in [0.25, 0.3) is 0 Å². The van der Waals surface area contributed by atoms with Crippen LogP contribution in [0, 0.1) is 0 Å². The van der Waals surface area contributed by atoms with Gasteiger partial charge < -0.3 is 10.1 Å². The Morgan fingerprint density at radius 1 is 1.59 bits per heavy atom. The van der Waals surface area contributed by atoms with Crippen LogP contribution in [-0.2, 0) is 14.8 Å². The molecule has 0 spiro atoms. The summed E-state index contributed by atoms with van der Waals surface area (Å²) >= 11 is 0. The Labute approximate surface area is 136 Å². The van der Waals surface area contributed by atoms with Gasteiger partial charge in [0, 0.05) is 19.1 Å². The van der Waals surface area contributed by atoms with E-state index < -0.39 is 16.0 Å². The van der Waals surface area contributed by atoms with Crippen molar-refractivity contribution in [3.8, 4) is 0 Å². The van der Waals surface area contributed by atoms with Gasteiger partial charge in [-0.2, -0.15) is 9.40 Å². The van der Waals surface area contributed by atoms with Gasteiger partial charge in [0.2, 0.25) is 0 Å². The number of ether oxygens (including phenoxy) is 1. The molecule has 10 heteroatoms. The highest BCUT2D eigenvalue weighted by Gasteiger charge is 2.34. The molecule has 2 N–H and O–H groups in total. The van der Waals surface area contributed by atoms with Crippen molar-refractivity contribution in [3.05, 3.63) is 11.8 Å². The average Bonchev–Trinajstić information content (AvgIpc) is 2.98. The van der Waals surface area contributed by atoms with Crippen molar-refractivity contribution >= 4 is 28.4 Å². The highest BCUT2D eigenvalue weighted by molar-refractivity contribution is 7.89. The van der Waals surface area contributed by atoms with E-state index in [1.165, 1.54) is 10.5 Å². The molecule has 0 radical (unpaired) electrons. The van der Waals surface area contributed by atoms with Crippen molar-refractivity contribution < 1.29 is 17.9 Å². The summed E-state index contributed by atoms with van der Waals surface area (Å²) in [5.41, 5.74) is -0.0524. The van der Waals surface area contributed by atoms with Gasteiger partial charge in [0.1, 0.15) is 5.56 Å². The number of esters is 1. The zero-order valence-corrected chi connectivity index (χ0v) is 14.2. The van der Waals surface area contributed by atoms with E-state index in [0.717, 1.165) is 12.8 Å². The molecule has 22 heavy (non-hydrogen) atoms. The van der Waals surface area contributed by atoms with Crippen LogP contribution in [0.4, 0.5) is 0 Å². The summed E-state index contributed by atoms with van der Waals surface area (Å²) in [7, 11) is -1.97. The molecule has 1 aliphatic rings. The van der Waals surface area contributed by atoms with Crippen LogP contribution in [0.2, 0.25) is 0 Å². The van der Waals surface area contributed by atoms with Crippen molar-refractivity contribution in [3.63, 3.8) is 0 Å². The van der Waals surface area contributed by atoms with Crippen molar-refractivity contribution in [2.75, 3.05) is 26.7 Å². The molecule has 1 unspecified atom stereocenters. The van der Waals surface area contributed by atoms with Gasteiger partial charge in [-0.3, -0.25) is 5.10 Å². The SMILES string of the molecule is CCOC(=O)c1cn[nH]c1S(=O)(=O)N1CCCC(NC)C1.Cl. The minimum atomic E-state index is -3.78. The molecule has 1 saturated heterocycles. The Kier molecular flexibility index (Phi) is 6.79. The number of halogens is 1. The fourth-order valence-corrected chi connectivity index (χ4v) is 3.94. The van der Waals surface area contributed by atoms with E-state index in [-0.39, 0.29) is 35.6 Å². The van der Waals surface area contributed by atoms with Crippen molar-refractivity contribution in [2.24, 2.45) is 0 Å². The van der Waals surface area contributed by atoms with Gasteiger partial charge >= 0.3 is 5.97 Å². The molecule has 0 saturated carbocycles. The summed E-state index contributed by atoms with van der Waals surface area (Å²) < 4.78 is 31.5. The van der Waals surface area contributed by atoms with Crippen LogP contribution < -0.4 is 5.32 Å². The summed E-state index contributed by atoms with van der Waals surface area (Å²) in [6, 6.07) is 0.113. The second-order valence-electron chi connectivity index (χ2n) is 4.82. The van der Waals surface area contributed by atoms with E-state index >= 15 is 0 Å². The number of sulfonamides is 1. The predicted octanol–water partition coefficient (Wildman–Crippen LogP) is 0.381. The summed E-state index contributed by atoms with van der Waals surface area (Å²) in [6.07, 6.45) is 2.88. The van der Waals surface area contributed by atoms with Gasteiger partial charge in [0.05, 0.1) is 12.8 Å². The fraction of sp³-hybridized carbons (Fsp3) is 0.667. The summed E-state index contributed by atoms with van der Waals surface area (Å²) in [6.45, 7) is 2.64. The molecule has 0 aliphatic carbocycles. The van der Waals surface area contributed by atoms with Crippen LogP contribution >= 0.6 is 12.4 Å². The molecule has 0 bridgehead atoms. The molecule has 1 atom stereocenters. The van der Waals surface area contributed by atoms with Gasteiger partial charge in [-0.15, -0.1) is 12.4 Å². The Balaban J connectivity index is 0.00000242. The lowest BCUT2D eigenvalue weighted by atomic mass is 10.1. The molecule has 1 aliphatic heterocycles. The van der Waals surface area contributed by atoms with E-state index in [1.807, 2.05) is 0 Å².